The lowest BCUT2D eigenvalue weighted by atomic mass is 10.1. The van der Waals surface area contributed by atoms with Crippen LogP contribution in [0.25, 0.3) is 0 Å². The summed E-state index contributed by atoms with van der Waals surface area (Å²) in [6.07, 6.45) is 7.84. The second kappa shape index (κ2) is 12.6. The fourth-order valence-electron chi connectivity index (χ4n) is 3.36. The van der Waals surface area contributed by atoms with Crippen molar-refractivity contribution in [2.45, 2.75) is 45.1 Å². The first-order valence-corrected chi connectivity index (χ1v) is 10.0. The van der Waals surface area contributed by atoms with Gasteiger partial charge in [0.2, 0.25) is 0 Å². The first kappa shape index (κ1) is 21.6. The van der Waals surface area contributed by atoms with Crippen molar-refractivity contribution in [3.8, 4) is 11.5 Å². The molecule has 0 spiro atoms. The molecule has 0 N–H and O–H groups in total. The molecule has 1 saturated heterocycles. The molecule has 1 heterocycles. The molecule has 0 atom stereocenters. The molecule has 1 fully saturated rings. The summed E-state index contributed by atoms with van der Waals surface area (Å²) in [4.78, 5) is 2.61. The maximum atomic E-state index is 5.85. The van der Waals surface area contributed by atoms with Crippen LogP contribution in [0.4, 0.5) is 0 Å². The van der Waals surface area contributed by atoms with E-state index in [1.807, 2.05) is 42.5 Å². The van der Waals surface area contributed by atoms with Gasteiger partial charge in [-0.1, -0.05) is 36.8 Å². The summed E-state index contributed by atoms with van der Waals surface area (Å²) in [6.45, 7) is 5.25. The Morgan fingerprint density at radius 1 is 0.704 bits per heavy atom. The van der Waals surface area contributed by atoms with Crippen LogP contribution in [-0.4, -0.2) is 31.1 Å². The molecule has 3 rings (SSSR count). The van der Waals surface area contributed by atoms with Gasteiger partial charge in [-0.25, -0.2) is 0 Å². The summed E-state index contributed by atoms with van der Waals surface area (Å²) in [6, 6.07) is 18.2. The highest BCUT2D eigenvalue weighted by Crippen LogP contribution is 2.19. The summed E-state index contributed by atoms with van der Waals surface area (Å²) in [5, 5.41) is 0. The zero-order chi connectivity index (χ0) is 17.9. The molecular formula is C23H32ClNO2. The van der Waals surface area contributed by atoms with Crippen molar-refractivity contribution in [3.05, 3.63) is 60.2 Å². The zero-order valence-electron chi connectivity index (χ0n) is 16.1. The molecule has 0 aliphatic carbocycles. The van der Waals surface area contributed by atoms with Crippen LogP contribution in [0.15, 0.2) is 54.6 Å². The van der Waals surface area contributed by atoms with Gasteiger partial charge in [0.15, 0.2) is 0 Å². The summed E-state index contributed by atoms with van der Waals surface area (Å²) in [5.41, 5.74) is 1.18. The molecule has 0 radical (unpaired) electrons. The maximum absolute atomic E-state index is 5.85. The Balaban J connectivity index is 0.00000261. The van der Waals surface area contributed by atoms with E-state index in [9.17, 15) is 0 Å². The minimum Gasteiger partial charge on any atom is -0.494 e. The van der Waals surface area contributed by atoms with Crippen LogP contribution in [0.1, 0.15) is 44.1 Å². The number of hydrogen-bond donors (Lipinski definition) is 0. The number of piperidine rings is 1. The Morgan fingerprint density at radius 3 is 2.07 bits per heavy atom. The van der Waals surface area contributed by atoms with E-state index < -0.39 is 0 Å². The normalized spacial score (nSPS) is 14.4. The molecule has 3 nitrogen and oxygen atoms in total. The van der Waals surface area contributed by atoms with Crippen LogP contribution < -0.4 is 9.47 Å². The first-order valence-electron chi connectivity index (χ1n) is 10.0. The second-order valence-electron chi connectivity index (χ2n) is 7.06. The SMILES string of the molecule is Cl.c1ccc(COc2ccc(OCCCCCN3CCCCC3)cc2)cc1. The molecule has 1 aliphatic heterocycles. The Hall–Kier alpha value is -1.71. The Kier molecular flexibility index (Phi) is 10.1. The molecule has 1 aliphatic rings. The molecule has 148 valence electrons. The lowest BCUT2D eigenvalue weighted by molar-refractivity contribution is 0.221. The number of rotatable bonds is 10. The van der Waals surface area contributed by atoms with Gasteiger partial charge in [0.25, 0.3) is 0 Å². The number of ether oxygens (including phenoxy) is 2. The summed E-state index contributed by atoms with van der Waals surface area (Å²) < 4.78 is 11.6. The van der Waals surface area contributed by atoms with Gasteiger partial charge in [0.05, 0.1) is 6.61 Å². The highest BCUT2D eigenvalue weighted by Gasteiger charge is 2.08. The average Bonchev–Trinajstić information content (AvgIpc) is 2.71. The van der Waals surface area contributed by atoms with E-state index in [2.05, 4.69) is 17.0 Å². The maximum Gasteiger partial charge on any atom is 0.120 e. The number of hydrogen-bond acceptors (Lipinski definition) is 3. The van der Waals surface area contributed by atoms with Crippen molar-refractivity contribution in [3.63, 3.8) is 0 Å². The zero-order valence-corrected chi connectivity index (χ0v) is 17.0. The number of nitrogens with zero attached hydrogens (tertiary/aromatic N) is 1. The quantitative estimate of drug-likeness (QED) is 0.485. The van der Waals surface area contributed by atoms with E-state index in [1.54, 1.807) is 0 Å². The third-order valence-electron chi connectivity index (χ3n) is 4.91. The van der Waals surface area contributed by atoms with Crippen LogP contribution in [0.3, 0.4) is 0 Å². The van der Waals surface area contributed by atoms with Crippen molar-refractivity contribution in [2.75, 3.05) is 26.2 Å². The number of halogens is 1. The van der Waals surface area contributed by atoms with E-state index >= 15 is 0 Å². The average molecular weight is 390 g/mol. The molecular weight excluding hydrogens is 358 g/mol. The fraction of sp³-hybridized carbons (Fsp3) is 0.478. The van der Waals surface area contributed by atoms with Gasteiger partial charge < -0.3 is 14.4 Å². The van der Waals surface area contributed by atoms with E-state index in [-0.39, 0.29) is 12.4 Å². The van der Waals surface area contributed by atoms with Crippen molar-refractivity contribution < 1.29 is 9.47 Å². The minimum absolute atomic E-state index is 0. The molecule has 2 aromatic rings. The van der Waals surface area contributed by atoms with Crippen LogP contribution in [0, 0.1) is 0 Å². The minimum atomic E-state index is 0. The number of likely N-dealkylation sites (tertiary alicyclic amines) is 1. The lowest BCUT2D eigenvalue weighted by Crippen LogP contribution is -2.30. The molecule has 27 heavy (non-hydrogen) atoms. The monoisotopic (exact) mass is 389 g/mol. The standard InChI is InChI=1S/C23H31NO2.ClH/c1-4-10-21(11-5-1)20-26-23-14-12-22(13-15-23)25-19-9-3-8-18-24-16-6-2-7-17-24;/h1,4-5,10-15H,2-3,6-9,16-20H2;1H. The van der Waals surface area contributed by atoms with Crippen molar-refractivity contribution in [1.82, 2.24) is 4.90 Å². The van der Waals surface area contributed by atoms with E-state index in [0.29, 0.717) is 6.61 Å². The van der Waals surface area contributed by atoms with Gasteiger partial charge in [-0.2, -0.15) is 0 Å². The largest absolute Gasteiger partial charge is 0.494 e. The first-order chi connectivity index (χ1) is 12.9. The third kappa shape index (κ3) is 8.23. The van der Waals surface area contributed by atoms with Gasteiger partial charge in [0.1, 0.15) is 18.1 Å². The van der Waals surface area contributed by atoms with Gasteiger partial charge in [-0.05, 0) is 81.6 Å². The van der Waals surface area contributed by atoms with E-state index in [4.69, 9.17) is 9.47 Å². The Bertz CT molecular complexity index is 612. The number of unbranched alkanes of at least 4 members (excludes halogenated alkanes) is 2. The molecule has 4 heteroatoms. The van der Waals surface area contributed by atoms with E-state index in [1.165, 1.54) is 57.3 Å². The third-order valence-corrected chi connectivity index (χ3v) is 4.91. The molecule has 0 amide bonds. The van der Waals surface area contributed by atoms with Crippen LogP contribution >= 0.6 is 12.4 Å². The van der Waals surface area contributed by atoms with Gasteiger partial charge >= 0.3 is 0 Å². The van der Waals surface area contributed by atoms with Gasteiger partial charge in [-0.3, -0.25) is 0 Å². The molecule has 0 saturated carbocycles. The van der Waals surface area contributed by atoms with Crippen LogP contribution in [-0.2, 0) is 6.61 Å². The van der Waals surface area contributed by atoms with Crippen LogP contribution in [0.2, 0.25) is 0 Å². The predicted octanol–water partition coefficient (Wildman–Crippen LogP) is 5.72. The second-order valence-corrected chi connectivity index (χ2v) is 7.06. The van der Waals surface area contributed by atoms with Crippen molar-refractivity contribution >= 4 is 12.4 Å². The Labute approximate surface area is 170 Å². The molecule has 0 unspecified atom stereocenters. The highest BCUT2D eigenvalue weighted by atomic mass is 35.5. The van der Waals surface area contributed by atoms with Crippen molar-refractivity contribution in [1.29, 1.82) is 0 Å². The van der Waals surface area contributed by atoms with Crippen molar-refractivity contribution in [2.24, 2.45) is 0 Å². The summed E-state index contributed by atoms with van der Waals surface area (Å²) in [7, 11) is 0. The highest BCUT2D eigenvalue weighted by molar-refractivity contribution is 5.85. The Morgan fingerprint density at radius 2 is 1.37 bits per heavy atom. The molecule has 0 bridgehead atoms. The number of benzene rings is 2. The lowest BCUT2D eigenvalue weighted by Gasteiger charge is -2.26. The molecule has 0 aromatic heterocycles. The van der Waals surface area contributed by atoms with Gasteiger partial charge in [-0.15, -0.1) is 12.4 Å². The van der Waals surface area contributed by atoms with Gasteiger partial charge in [0, 0.05) is 0 Å². The smallest absolute Gasteiger partial charge is 0.120 e. The van der Waals surface area contributed by atoms with E-state index in [0.717, 1.165) is 24.5 Å². The summed E-state index contributed by atoms with van der Waals surface area (Å²) >= 11 is 0. The fourth-order valence-corrected chi connectivity index (χ4v) is 3.36. The predicted molar refractivity (Wildman–Crippen MR) is 114 cm³/mol. The van der Waals surface area contributed by atoms with Crippen LogP contribution in [0.5, 0.6) is 11.5 Å². The topological polar surface area (TPSA) is 21.7 Å². The summed E-state index contributed by atoms with van der Waals surface area (Å²) in [5.74, 6) is 1.80. The molecule has 2 aromatic carbocycles.